The Morgan fingerprint density at radius 2 is 2.26 bits per heavy atom. The molecule has 0 radical (unpaired) electrons. The number of rotatable bonds is 5. The summed E-state index contributed by atoms with van der Waals surface area (Å²) < 4.78 is 39.8. The van der Waals surface area contributed by atoms with Crippen LogP contribution in [0.15, 0.2) is 23.1 Å². The zero-order chi connectivity index (χ0) is 13.9. The van der Waals surface area contributed by atoms with Gasteiger partial charge in [-0.2, -0.15) is 0 Å². The van der Waals surface area contributed by atoms with E-state index in [9.17, 15) is 12.8 Å². The Kier molecular flexibility index (Phi) is 4.78. The summed E-state index contributed by atoms with van der Waals surface area (Å²) in [5.41, 5.74) is 0. The summed E-state index contributed by atoms with van der Waals surface area (Å²) in [7, 11) is -3.80. The summed E-state index contributed by atoms with van der Waals surface area (Å²) in [6.07, 6.45) is 1.80. The monoisotopic (exact) mass is 306 g/mol. The smallest absolute Gasteiger partial charge is 0.243 e. The molecule has 19 heavy (non-hydrogen) atoms. The van der Waals surface area contributed by atoms with Gasteiger partial charge in [0, 0.05) is 11.6 Å². The largest absolute Gasteiger partial charge is 0.316 e. The Morgan fingerprint density at radius 3 is 2.89 bits per heavy atom. The van der Waals surface area contributed by atoms with Crippen molar-refractivity contribution in [2.75, 3.05) is 19.6 Å². The van der Waals surface area contributed by atoms with Gasteiger partial charge in [-0.05, 0) is 50.0 Å². The number of nitrogens with one attached hydrogen (secondary N) is 2. The highest BCUT2D eigenvalue weighted by Crippen LogP contribution is 2.19. The van der Waals surface area contributed by atoms with E-state index < -0.39 is 15.8 Å². The van der Waals surface area contributed by atoms with E-state index in [-0.39, 0.29) is 9.92 Å². The molecule has 0 aromatic heterocycles. The van der Waals surface area contributed by atoms with Crippen molar-refractivity contribution in [3.63, 3.8) is 0 Å². The van der Waals surface area contributed by atoms with Gasteiger partial charge in [-0.25, -0.2) is 17.5 Å². The SMILES string of the molecule is O=S(=O)(NCC[C@H]1CCNC1)c1ccc(Cl)cc1F. The van der Waals surface area contributed by atoms with Crippen LogP contribution in [0.1, 0.15) is 12.8 Å². The van der Waals surface area contributed by atoms with Crippen LogP contribution in [0.3, 0.4) is 0 Å². The third kappa shape index (κ3) is 3.89. The highest BCUT2D eigenvalue weighted by atomic mass is 35.5. The number of hydrogen-bond acceptors (Lipinski definition) is 3. The summed E-state index contributed by atoms with van der Waals surface area (Å²) in [5.74, 6) is -0.347. The van der Waals surface area contributed by atoms with Crippen LogP contribution in [0.4, 0.5) is 4.39 Å². The average Bonchev–Trinajstić information content (AvgIpc) is 2.81. The van der Waals surface area contributed by atoms with Crippen LogP contribution in [0.5, 0.6) is 0 Å². The second-order valence-corrected chi connectivity index (χ2v) is 6.79. The number of benzene rings is 1. The molecule has 106 valence electrons. The van der Waals surface area contributed by atoms with Crippen LogP contribution in [-0.2, 0) is 10.0 Å². The number of sulfonamides is 1. The molecule has 2 N–H and O–H groups in total. The Balaban J connectivity index is 1.97. The molecule has 0 unspecified atom stereocenters. The van der Waals surface area contributed by atoms with Crippen molar-refractivity contribution in [3.8, 4) is 0 Å². The van der Waals surface area contributed by atoms with Gasteiger partial charge in [-0.3, -0.25) is 0 Å². The number of halogens is 2. The summed E-state index contributed by atoms with van der Waals surface area (Å²) in [5, 5.41) is 3.39. The molecule has 0 aliphatic carbocycles. The van der Waals surface area contributed by atoms with Gasteiger partial charge in [0.2, 0.25) is 10.0 Å². The lowest BCUT2D eigenvalue weighted by Gasteiger charge is -2.10. The van der Waals surface area contributed by atoms with Crippen molar-refractivity contribution in [1.82, 2.24) is 10.0 Å². The van der Waals surface area contributed by atoms with Crippen LogP contribution in [0, 0.1) is 11.7 Å². The zero-order valence-electron chi connectivity index (χ0n) is 10.3. The zero-order valence-corrected chi connectivity index (χ0v) is 11.9. The molecule has 7 heteroatoms. The molecule has 0 spiro atoms. The molecular weight excluding hydrogens is 291 g/mol. The van der Waals surface area contributed by atoms with Crippen molar-refractivity contribution in [1.29, 1.82) is 0 Å². The fourth-order valence-electron chi connectivity index (χ4n) is 2.13. The molecule has 1 heterocycles. The topological polar surface area (TPSA) is 58.2 Å². The predicted molar refractivity (Wildman–Crippen MR) is 72.2 cm³/mol. The fourth-order valence-corrected chi connectivity index (χ4v) is 3.39. The molecule has 1 aliphatic heterocycles. The maximum absolute atomic E-state index is 13.6. The van der Waals surface area contributed by atoms with Gasteiger partial charge in [0.15, 0.2) is 0 Å². The van der Waals surface area contributed by atoms with E-state index in [1.807, 2.05) is 0 Å². The van der Waals surface area contributed by atoms with Gasteiger partial charge < -0.3 is 5.32 Å². The van der Waals surface area contributed by atoms with Crippen molar-refractivity contribution >= 4 is 21.6 Å². The highest BCUT2D eigenvalue weighted by molar-refractivity contribution is 7.89. The Morgan fingerprint density at radius 1 is 1.47 bits per heavy atom. The lowest BCUT2D eigenvalue weighted by Crippen LogP contribution is -2.27. The third-order valence-electron chi connectivity index (χ3n) is 3.19. The first-order valence-corrected chi connectivity index (χ1v) is 8.00. The standard InChI is InChI=1S/C12H16ClFN2O2S/c13-10-1-2-12(11(14)7-10)19(17,18)16-6-4-9-3-5-15-8-9/h1-2,7,9,15-16H,3-6,8H2/t9-/m1/s1. The minimum absolute atomic E-state index is 0.175. The molecule has 0 saturated carbocycles. The molecule has 4 nitrogen and oxygen atoms in total. The maximum Gasteiger partial charge on any atom is 0.243 e. The molecular formula is C12H16ClFN2O2S. The number of hydrogen-bond donors (Lipinski definition) is 2. The minimum Gasteiger partial charge on any atom is -0.316 e. The second kappa shape index (κ2) is 6.17. The second-order valence-electron chi connectivity index (χ2n) is 4.62. The normalized spacial score (nSPS) is 19.8. The van der Waals surface area contributed by atoms with Crippen molar-refractivity contribution in [2.45, 2.75) is 17.7 Å². The van der Waals surface area contributed by atoms with Gasteiger partial charge in [-0.15, -0.1) is 0 Å². The van der Waals surface area contributed by atoms with E-state index in [1.54, 1.807) is 0 Å². The van der Waals surface area contributed by atoms with E-state index in [4.69, 9.17) is 11.6 Å². The van der Waals surface area contributed by atoms with E-state index in [0.29, 0.717) is 12.5 Å². The first-order valence-electron chi connectivity index (χ1n) is 6.14. The molecule has 1 aliphatic rings. The highest BCUT2D eigenvalue weighted by Gasteiger charge is 2.20. The Labute approximate surface area is 117 Å². The van der Waals surface area contributed by atoms with Gasteiger partial charge in [0.1, 0.15) is 10.7 Å². The Bertz CT molecular complexity index is 545. The van der Waals surface area contributed by atoms with Crippen molar-refractivity contribution in [3.05, 3.63) is 29.0 Å². The third-order valence-corrected chi connectivity index (χ3v) is 4.92. The molecule has 1 saturated heterocycles. The molecule has 0 amide bonds. The van der Waals surface area contributed by atoms with Crippen LogP contribution in [0.2, 0.25) is 5.02 Å². The first-order chi connectivity index (χ1) is 8.99. The van der Waals surface area contributed by atoms with Gasteiger partial charge >= 0.3 is 0 Å². The van der Waals surface area contributed by atoms with E-state index >= 15 is 0 Å². The van der Waals surface area contributed by atoms with Crippen molar-refractivity contribution in [2.24, 2.45) is 5.92 Å². The van der Waals surface area contributed by atoms with E-state index in [2.05, 4.69) is 10.0 Å². The molecule has 1 aromatic carbocycles. The first kappa shape index (κ1) is 14.7. The summed E-state index contributed by atoms with van der Waals surface area (Å²) in [6.45, 7) is 2.21. The maximum atomic E-state index is 13.6. The molecule has 1 aromatic rings. The van der Waals surface area contributed by atoms with Crippen molar-refractivity contribution < 1.29 is 12.8 Å². The average molecular weight is 307 g/mol. The van der Waals surface area contributed by atoms with Gasteiger partial charge in [0.05, 0.1) is 0 Å². The lowest BCUT2D eigenvalue weighted by atomic mass is 10.1. The van der Waals surface area contributed by atoms with Crippen LogP contribution >= 0.6 is 11.6 Å². The van der Waals surface area contributed by atoms with Crippen LogP contribution in [0.25, 0.3) is 0 Å². The quantitative estimate of drug-likeness (QED) is 0.871. The summed E-state index contributed by atoms with van der Waals surface area (Å²) in [6, 6.07) is 3.54. The predicted octanol–water partition coefficient (Wildman–Crippen LogP) is 1.76. The fraction of sp³-hybridized carbons (Fsp3) is 0.500. The van der Waals surface area contributed by atoms with Crippen LogP contribution in [-0.4, -0.2) is 28.1 Å². The van der Waals surface area contributed by atoms with E-state index in [1.165, 1.54) is 12.1 Å². The molecule has 2 rings (SSSR count). The lowest BCUT2D eigenvalue weighted by molar-refractivity contribution is 0.515. The molecule has 0 bridgehead atoms. The minimum atomic E-state index is -3.80. The van der Waals surface area contributed by atoms with Crippen LogP contribution < -0.4 is 10.0 Å². The van der Waals surface area contributed by atoms with Gasteiger partial charge in [0.25, 0.3) is 0 Å². The van der Waals surface area contributed by atoms with E-state index in [0.717, 1.165) is 32.0 Å². The molecule has 1 atom stereocenters. The molecule has 1 fully saturated rings. The summed E-state index contributed by atoms with van der Waals surface area (Å²) in [4.78, 5) is -0.360. The van der Waals surface area contributed by atoms with Gasteiger partial charge in [-0.1, -0.05) is 11.6 Å². The Hall–Kier alpha value is -0.690. The summed E-state index contributed by atoms with van der Waals surface area (Å²) >= 11 is 5.60.